The Bertz CT molecular complexity index is 532. The molecule has 5 nitrogen and oxygen atoms in total. The first-order valence-electron chi connectivity index (χ1n) is 6.48. The van der Waals surface area contributed by atoms with E-state index in [0.29, 0.717) is 23.0 Å². The lowest BCUT2D eigenvalue weighted by Crippen LogP contribution is -2.34. The number of carbonyl (C=O) groups is 2. The van der Waals surface area contributed by atoms with Gasteiger partial charge in [0.2, 0.25) is 11.8 Å². The van der Waals surface area contributed by atoms with Crippen molar-refractivity contribution in [2.24, 2.45) is 0 Å². The lowest BCUT2D eigenvalue weighted by Gasteiger charge is -2.23. The minimum Gasteiger partial charge on any atom is -0.495 e. The average Bonchev–Trinajstić information content (AvgIpc) is 2.45. The van der Waals surface area contributed by atoms with Crippen molar-refractivity contribution in [3.05, 3.63) is 35.9 Å². The average molecular weight is 311 g/mol. The van der Waals surface area contributed by atoms with Crippen LogP contribution in [-0.2, 0) is 9.59 Å². The molecular formula is C15H19ClN2O3. The van der Waals surface area contributed by atoms with Crippen molar-refractivity contribution in [2.45, 2.75) is 13.3 Å². The Morgan fingerprint density at radius 3 is 2.76 bits per heavy atom. The van der Waals surface area contributed by atoms with Crippen LogP contribution in [0.25, 0.3) is 0 Å². The highest BCUT2D eigenvalue weighted by atomic mass is 35.5. The summed E-state index contributed by atoms with van der Waals surface area (Å²) in [6, 6.07) is 5.01. The number of anilines is 1. The summed E-state index contributed by atoms with van der Waals surface area (Å²) >= 11 is 5.97. The molecule has 1 aromatic carbocycles. The predicted octanol–water partition coefficient (Wildman–Crippen LogP) is 2.39. The number of benzene rings is 1. The zero-order valence-corrected chi connectivity index (χ0v) is 12.9. The quantitative estimate of drug-likeness (QED) is 0.787. The number of halogens is 1. The first kappa shape index (κ1) is 17.0. The number of methoxy groups -OCH3 is 1. The molecule has 0 aromatic heterocycles. The Morgan fingerprint density at radius 1 is 1.48 bits per heavy atom. The Morgan fingerprint density at radius 2 is 2.19 bits per heavy atom. The van der Waals surface area contributed by atoms with Gasteiger partial charge in [0.1, 0.15) is 5.75 Å². The van der Waals surface area contributed by atoms with Crippen LogP contribution in [-0.4, -0.2) is 32.0 Å². The van der Waals surface area contributed by atoms with E-state index in [1.165, 1.54) is 18.9 Å². The third-order valence-corrected chi connectivity index (χ3v) is 3.05. The molecule has 0 saturated heterocycles. The Labute approximate surface area is 129 Å². The van der Waals surface area contributed by atoms with Crippen molar-refractivity contribution in [3.8, 4) is 5.75 Å². The summed E-state index contributed by atoms with van der Waals surface area (Å²) < 4.78 is 5.24. The van der Waals surface area contributed by atoms with Crippen LogP contribution in [0.2, 0.25) is 5.02 Å². The molecule has 0 aliphatic heterocycles. The lowest BCUT2D eigenvalue weighted by atomic mass is 10.2. The van der Waals surface area contributed by atoms with Gasteiger partial charge in [0.15, 0.2) is 0 Å². The fraction of sp³-hybridized carbons (Fsp3) is 0.333. The summed E-state index contributed by atoms with van der Waals surface area (Å²) in [7, 11) is 1.52. The summed E-state index contributed by atoms with van der Waals surface area (Å²) in [6.45, 7) is 5.61. The van der Waals surface area contributed by atoms with Crippen molar-refractivity contribution in [2.75, 3.05) is 25.1 Å². The SMILES string of the molecule is C=CCNC(=O)CCN(C(C)=O)c1cc(Cl)ccc1OC. The van der Waals surface area contributed by atoms with Gasteiger partial charge in [-0.25, -0.2) is 0 Å². The van der Waals surface area contributed by atoms with E-state index < -0.39 is 0 Å². The van der Waals surface area contributed by atoms with Gasteiger partial charge in [-0.1, -0.05) is 17.7 Å². The van der Waals surface area contributed by atoms with E-state index in [4.69, 9.17) is 16.3 Å². The van der Waals surface area contributed by atoms with Gasteiger partial charge in [-0.15, -0.1) is 6.58 Å². The number of hydrogen-bond donors (Lipinski definition) is 1. The van der Waals surface area contributed by atoms with Crippen molar-refractivity contribution >= 4 is 29.1 Å². The molecule has 0 unspecified atom stereocenters. The lowest BCUT2D eigenvalue weighted by molar-refractivity contribution is -0.120. The zero-order valence-electron chi connectivity index (χ0n) is 12.2. The highest BCUT2D eigenvalue weighted by Gasteiger charge is 2.17. The van der Waals surface area contributed by atoms with Crippen LogP contribution in [0, 0.1) is 0 Å². The maximum Gasteiger partial charge on any atom is 0.223 e. The normalized spacial score (nSPS) is 9.86. The second-order valence-electron chi connectivity index (χ2n) is 4.33. The van der Waals surface area contributed by atoms with Gasteiger partial charge >= 0.3 is 0 Å². The number of hydrogen-bond acceptors (Lipinski definition) is 3. The van der Waals surface area contributed by atoms with Gasteiger partial charge in [-0.05, 0) is 18.2 Å². The first-order valence-corrected chi connectivity index (χ1v) is 6.86. The molecule has 0 radical (unpaired) electrons. The molecule has 0 aliphatic carbocycles. The van der Waals surface area contributed by atoms with E-state index in [0.717, 1.165) is 0 Å². The molecule has 2 amide bonds. The minimum atomic E-state index is -0.188. The van der Waals surface area contributed by atoms with Crippen molar-refractivity contribution in [1.29, 1.82) is 0 Å². The number of ether oxygens (including phenoxy) is 1. The van der Waals surface area contributed by atoms with Crippen molar-refractivity contribution in [1.82, 2.24) is 5.32 Å². The van der Waals surface area contributed by atoms with Crippen LogP contribution in [0.4, 0.5) is 5.69 Å². The van der Waals surface area contributed by atoms with Crippen LogP contribution in [0.3, 0.4) is 0 Å². The molecule has 0 fully saturated rings. The van der Waals surface area contributed by atoms with E-state index in [-0.39, 0.29) is 24.8 Å². The molecule has 0 saturated carbocycles. The van der Waals surface area contributed by atoms with Crippen LogP contribution in [0.5, 0.6) is 5.75 Å². The second kappa shape index (κ2) is 8.32. The molecular weight excluding hydrogens is 292 g/mol. The molecule has 0 bridgehead atoms. The van der Waals surface area contributed by atoms with Crippen LogP contribution < -0.4 is 15.0 Å². The van der Waals surface area contributed by atoms with Gasteiger partial charge in [0, 0.05) is 31.5 Å². The number of amides is 2. The van der Waals surface area contributed by atoms with E-state index >= 15 is 0 Å². The van der Waals surface area contributed by atoms with Crippen LogP contribution >= 0.6 is 11.6 Å². The number of nitrogens with one attached hydrogen (secondary N) is 1. The maximum atomic E-state index is 11.8. The molecule has 21 heavy (non-hydrogen) atoms. The van der Waals surface area contributed by atoms with Crippen LogP contribution in [0.15, 0.2) is 30.9 Å². The van der Waals surface area contributed by atoms with Gasteiger partial charge in [-0.2, -0.15) is 0 Å². The smallest absolute Gasteiger partial charge is 0.223 e. The molecule has 0 heterocycles. The Kier molecular flexibility index (Phi) is 6.75. The van der Waals surface area contributed by atoms with E-state index in [1.54, 1.807) is 24.3 Å². The summed E-state index contributed by atoms with van der Waals surface area (Å²) in [6.07, 6.45) is 1.78. The molecule has 0 aliphatic rings. The topological polar surface area (TPSA) is 58.6 Å². The van der Waals surface area contributed by atoms with Gasteiger partial charge < -0.3 is 15.0 Å². The third kappa shape index (κ3) is 5.11. The molecule has 114 valence electrons. The van der Waals surface area contributed by atoms with Gasteiger partial charge in [0.05, 0.1) is 12.8 Å². The molecule has 0 atom stereocenters. The number of carbonyl (C=O) groups excluding carboxylic acids is 2. The molecule has 1 rings (SSSR count). The zero-order chi connectivity index (χ0) is 15.8. The van der Waals surface area contributed by atoms with E-state index in [1.807, 2.05) is 0 Å². The maximum absolute atomic E-state index is 11.8. The molecule has 0 spiro atoms. The predicted molar refractivity (Wildman–Crippen MR) is 83.9 cm³/mol. The van der Waals surface area contributed by atoms with Crippen molar-refractivity contribution < 1.29 is 14.3 Å². The van der Waals surface area contributed by atoms with E-state index in [9.17, 15) is 9.59 Å². The summed E-state index contributed by atoms with van der Waals surface area (Å²) in [5.41, 5.74) is 0.550. The molecule has 1 aromatic rings. The molecule has 1 N–H and O–H groups in total. The Hall–Kier alpha value is -2.01. The highest BCUT2D eigenvalue weighted by Crippen LogP contribution is 2.31. The fourth-order valence-corrected chi connectivity index (χ4v) is 1.98. The standard InChI is InChI=1S/C15H19ClN2O3/c1-4-8-17-15(20)7-9-18(11(2)19)13-10-12(16)5-6-14(13)21-3/h4-6,10H,1,7-9H2,2-3H3,(H,17,20). The van der Waals surface area contributed by atoms with Gasteiger partial charge in [-0.3, -0.25) is 9.59 Å². The van der Waals surface area contributed by atoms with E-state index in [2.05, 4.69) is 11.9 Å². The molecule has 6 heteroatoms. The highest BCUT2D eigenvalue weighted by molar-refractivity contribution is 6.31. The second-order valence-corrected chi connectivity index (χ2v) is 4.77. The van der Waals surface area contributed by atoms with Crippen LogP contribution in [0.1, 0.15) is 13.3 Å². The number of rotatable bonds is 7. The largest absolute Gasteiger partial charge is 0.495 e. The first-order chi connectivity index (χ1) is 9.99. The Balaban J connectivity index is 2.87. The van der Waals surface area contributed by atoms with Gasteiger partial charge in [0.25, 0.3) is 0 Å². The van der Waals surface area contributed by atoms with Crippen molar-refractivity contribution in [3.63, 3.8) is 0 Å². The minimum absolute atomic E-state index is 0.151. The fourth-order valence-electron chi connectivity index (χ4n) is 1.81. The number of nitrogens with zero attached hydrogens (tertiary/aromatic N) is 1. The third-order valence-electron chi connectivity index (χ3n) is 2.82. The summed E-state index contributed by atoms with van der Waals surface area (Å²) in [5, 5.41) is 3.16. The summed E-state index contributed by atoms with van der Waals surface area (Å²) in [4.78, 5) is 24.9. The monoisotopic (exact) mass is 310 g/mol. The summed E-state index contributed by atoms with van der Waals surface area (Å²) in [5.74, 6) is 0.190.